The van der Waals surface area contributed by atoms with Crippen LogP contribution in [0, 0.1) is 0 Å². The SMILES string of the molecule is CCC(NCCCOCCO)c1ccccc1OC. The van der Waals surface area contributed by atoms with Gasteiger partial charge in [0.1, 0.15) is 5.75 Å². The molecule has 1 rings (SSSR count). The summed E-state index contributed by atoms with van der Waals surface area (Å²) in [7, 11) is 1.70. The molecular weight excluding hydrogens is 242 g/mol. The monoisotopic (exact) mass is 267 g/mol. The predicted molar refractivity (Wildman–Crippen MR) is 76.6 cm³/mol. The fraction of sp³-hybridized carbons (Fsp3) is 0.600. The molecule has 1 aromatic carbocycles. The van der Waals surface area contributed by atoms with Crippen LogP contribution in [0.1, 0.15) is 31.4 Å². The zero-order valence-corrected chi connectivity index (χ0v) is 11.9. The topological polar surface area (TPSA) is 50.7 Å². The molecule has 4 heteroatoms. The van der Waals surface area contributed by atoms with Crippen molar-refractivity contribution in [3.8, 4) is 5.75 Å². The van der Waals surface area contributed by atoms with Crippen molar-refractivity contribution >= 4 is 0 Å². The highest BCUT2D eigenvalue weighted by atomic mass is 16.5. The lowest BCUT2D eigenvalue weighted by Gasteiger charge is -2.20. The molecule has 0 saturated carbocycles. The van der Waals surface area contributed by atoms with Crippen molar-refractivity contribution in [2.75, 3.05) is 33.5 Å². The molecule has 1 atom stereocenters. The molecule has 0 aromatic heterocycles. The van der Waals surface area contributed by atoms with Crippen molar-refractivity contribution in [3.05, 3.63) is 29.8 Å². The van der Waals surface area contributed by atoms with Crippen LogP contribution in [0.2, 0.25) is 0 Å². The number of rotatable bonds is 10. The molecule has 0 amide bonds. The maximum atomic E-state index is 8.60. The zero-order chi connectivity index (χ0) is 13.9. The second-order valence-corrected chi connectivity index (χ2v) is 4.35. The van der Waals surface area contributed by atoms with Gasteiger partial charge in [-0.25, -0.2) is 0 Å². The largest absolute Gasteiger partial charge is 0.496 e. The van der Waals surface area contributed by atoms with Gasteiger partial charge in [0.25, 0.3) is 0 Å². The van der Waals surface area contributed by atoms with Crippen LogP contribution in [0.5, 0.6) is 5.75 Å². The fourth-order valence-electron chi connectivity index (χ4n) is 2.05. The lowest BCUT2D eigenvalue weighted by atomic mass is 10.0. The van der Waals surface area contributed by atoms with E-state index >= 15 is 0 Å². The standard InChI is InChI=1S/C15H25NO3/c1-3-14(16-9-6-11-19-12-10-17)13-7-4-5-8-15(13)18-2/h4-5,7-8,14,16-17H,3,6,9-12H2,1-2H3. The van der Waals surface area contributed by atoms with Crippen molar-refractivity contribution in [1.29, 1.82) is 0 Å². The van der Waals surface area contributed by atoms with Gasteiger partial charge in [0.05, 0.1) is 20.3 Å². The third kappa shape index (κ3) is 5.59. The Labute approximate surface area is 115 Å². The maximum absolute atomic E-state index is 8.60. The van der Waals surface area contributed by atoms with Crippen LogP contribution in [0.4, 0.5) is 0 Å². The van der Waals surface area contributed by atoms with E-state index in [1.54, 1.807) is 7.11 Å². The Morgan fingerprint density at radius 2 is 2.05 bits per heavy atom. The van der Waals surface area contributed by atoms with E-state index in [4.69, 9.17) is 14.6 Å². The highest BCUT2D eigenvalue weighted by Gasteiger charge is 2.12. The summed E-state index contributed by atoms with van der Waals surface area (Å²) in [4.78, 5) is 0. The van der Waals surface area contributed by atoms with Gasteiger partial charge in [-0.3, -0.25) is 0 Å². The van der Waals surface area contributed by atoms with Crippen LogP contribution in [0.3, 0.4) is 0 Å². The van der Waals surface area contributed by atoms with E-state index in [1.165, 1.54) is 5.56 Å². The molecule has 0 aliphatic heterocycles. The Hall–Kier alpha value is -1.10. The first kappa shape index (κ1) is 16.0. The summed E-state index contributed by atoms with van der Waals surface area (Å²) >= 11 is 0. The number of nitrogens with one attached hydrogen (secondary N) is 1. The Bertz CT molecular complexity index is 344. The summed E-state index contributed by atoms with van der Waals surface area (Å²) in [6.07, 6.45) is 1.95. The highest BCUT2D eigenvalue weighted by molar-refractivity contribution is 5.35. The molecule has 19 heavy (non-hydrogen) atoms. The molecule has 0 bridgehead atoms. The van der Waals surface area contributed by atoms with Gasteiger partial charge < -0.3 is 19.9 Å². The number of aliphatic hydroxyl groups is 1. The zero-order valence-electron chi connectivity index (χ0n) is 11.9. The molecule has 4 nitrogen and oxygen atoms in total. The van der Waals surface area contributed by atoms with Gasteiger partial charge in [-0.1, -0.05) is 25.1 Å². The summed E-state index contributed by atoms with van der Waals surface area (Å²) in [6.45, 7) is 4.24. The summed E-state index contributed by atoms with van der Waals surface area (Å²) in [5, 5.41) is 12.1. The van der Waals surface area contributed by atoms with Gasteiger partial charge in [0.2, 0.25) is 0 Å². The van der Waals surface area contributed by atoms with Gasteiger partial charge in [0.15, 0.2) is 0 Å². The van der Waals surface area contributed by atoms with Gasteiger partial charge in [-0.15, -0.1) is 0 Å². The fourth-order valence-corrected chi connectivity index (χ4v) is 2.05. The summed E-state index contributed by atoms with van der Waals surface area (Å²) < 4.78 is 10.6. The number of hydrogen-bond donors (Lipinski definition) is 2. The quantitative estimate of drug-likeness (QED) is 0.638. The molecule has 1 unspecified atom stereocenters. The Morgan fingerprint density at radius 1 is 1.26 bits per heavy atom. The van der Waals surface area contributed by atoms with Crippen LogP contribution in [-0.4, -0.2) is 38.6 Å². The smallest absolute Gasteiger partial charge is 0.123 e. The Kier molecular flexibility index (Phi) is 8.21. The van der Waals surface area contributed by atoms with Crippen LogP contribution in [0.15, 0.2) is 24.3 Å². The molecule has 1 aromatic rings. The minimum absolute atomic E-state index is 0.0895. The normalized spacial score (nSPS) is 12.4. The van der Waals surface area contributed by atoms with E-state index in [2.05, 4.69) is 18.3 Å². The minimum Gasteiger partial charge on any atom is -0.496 e. The molecule has 108 valence electrons. The first-order valence-electron chi connectivity index (χ1n) is 6.88. The molecule has 0 aliphatic rings. The molecule has 0 aliphatic carbocycles. The maximum Gasteiger partial charge on any atom is 0.123 e. The first-order valence-corrected chi connectivity index (χ1v) is 6.88. The van der Waals surface area contributed by atoms with E-state index in [0.29, 0.717) is 19.3 Å². The number of ether oxygens (including phenoxy) is 2. The van der Waals surface area contributed by atoms with E-state index < -0.39 is 0 Å². The Balaban J connectivity index is 2.40. The number of hydrogen-bond acceptors (Lipinski definition) is 4. The second kappa shape index (κ2) is 9.78. The van der Waals surface area contributed by atoms with Crippen molar-refractivity contribution < 1.29 is 14.6 Å². The van der Waals surface area contributed by atoms with Crippen molar-refractivity contribution in [2.24, 2.45) is 0 Å². The minimum atomic E-state index is 0.0895. The number of para-hydroxylation sites is 1. The van der Waals surface area contributed by atoms with Gasteiger partial charge in [0, 0.05) is 18.2 Å². The van der Waals surface area contributed by atoms with E-state index in [9.17, 15) is 0 Å². The van der Waals surface area contributed by atoms with E-state index in [-0.39, 0.29) is 6.61 Å². The highest BCUT2D eigenvalue weighted by Crippen LogP contribution is 2.26. The van der Waals surface area contributed by atoms with Crippen LogP contribution in [0.25, 0.3) is 0 Å². The Morgan fingerprint density at radius 3 is 2.74 bits per heavy atom. The third-order valence-corrected chi connectivity index (χ3v) is 3.01. The summed E-state index contributed by atoms with van der Waals surface area (Å²) in [5.41, 5.74) is 1.20. The molecular formula is C15H25NO3. The summed E-state index contributed by atoms with van der Waals surface area (Å²) in [6, 6.07) is 8.41. The van der Waals surface area contributed by atoms with Gasteiger partial charge in [-0.2, -0.15) is 0 Å². The number of benzene rings is 1. The second-order valence-electron chi connectivity index (χ2n) is 4.35. The molecule has 0 saturated heterocycles. The molecule has 2 N–H and O–H groups in total. The predicted octanol–water partition coefficient (Wildman–Crippen LogP) is 2.13. The molecule has 0 spiro atoms. The van der Waals surface area contributed by atoms with Crippen LogP contribution in [-0.2, 0) is 4.74 Å². The molecule has 0 radical (unpaired) electrons. The van der Waals surface area contributed by atoms with Gasteiger partial charge in [-0.05, 0) is 25.5 Å². The first-order chi connectivity index (χ1) is 9.33. The van der Waals surface area contributed by atoms with E-state index in [0.717, 1.165) is 25.1 Å². The molecule has 0 fully saturated rings. The summed E-state index contributed by atoms with van der Waals surface area (Å²) in [5.74, 6) is 0.929. The van der Waals surface area contributed by atoms with Gasteiger partial charge >= 0.3 is 0 Å². The van der Waals surface area contributed by atoms with Crippen LogP contribution < -0.4 is 10.1 Å². The lowest BCUT2D eigenvalue weighted by molar-refractivity contribution is 0.0903. The average molecular weight is 267 g/mol. The molecule has 0 heterocycles. The third-order valence-electron chi connectivity index (χ3n) is 3.01. The number of methoxy groups -OCH3 is 1. The van der Waals surface area contributed by atoms with E-state index in [1.807, 2.05) is 18.2 Å². The van der Waals surface area contributed by atoms with Crippen LogP contribution >= 0.6 is 0 Å². The number of aliphatic hydroxyl groups excluding tert-OH is 1. The van der Waals surface area contributed by atoms with Crippen molar-refractivity contribution in [1.82, 2.24) is 5.32 Å². The van der Waals surface area contributed by atoms with Crippen molar-refractivity contribution in [3.63, 3.8) is 0 Å². The average Bonchev–Trinajstić information content (AvgIpc) is 2.47. The van der Waals surface area contributed by atoms with Crippen molar-refractivity contribution in [2.45, 2.75) is 25.8 Å². The lowest BCUT2D eigenvalue weighted by Crippen LogP contribution is -2.23.